The van der Waals surface area contributed by atoms with Gasteiger partial charge >= 0.3 is 0 Å². The fourth-order valence-corrected chi connectivity index (χ4v) is 0.952. The molecule has 68 valence electrons. The third-order valence-corrected chi connectivity index (χ3v) is 2.07. The summed E-state index contributed by atoms with van der Waals surface area (Å²) in [6.45, 7) is 13.4. The van der Waals surface area contributed by atoms with Crippen molar-refractivity contribution in [1.82, 2.24) is 0 Å². The topological polar surface area (TPSA) is 26.0 Å². The van der Waals surface area contributed by atoms with Crippen molar-refractivity contribution in [2.24, 2.45) is 11.7 Å². The average molecular weight is 165 g/mol. The average Bonchev–Trinajstić information content (AvgIpc) is 2.03. The molecule has 0 saturated heterocycles. The number of unbranched alkanes of at least 4 members (excludes halogenated alkanes) is 1. The first kappa shape index (κ1) is 11.0. The molecular weight excluding hydrogens is 146 g/mol. The van der Waals surface area contributed by atoms with E-state index in [2.05, 4.69) is 19.7 Å². The third-order valence-electron chi connectivity index (χ3n) is 2.07. The minimum atomic E-state index is 0.245. The van der Waals surface area contributed by atoms with Crippen LogP contribution in [0, 0.1) is 5.92 Å². The molecule has 0 bridgehead atoms. The second-order valence-electron chi connectivity index (χ2n) is 3.14. The highest BCUT2D eigenvalue weighted by Gasteiger charge is 2.06. The van der Waals surface area contributed by atoms with Crippen LogP contribution in [-0.4, -0.2) is 0 Å². The lowest BCUT2D eigenvalue weighted by molar-refractivity contribution is 0.706. The summed E-state index contributed by atoms with van der Waals surface area (Å²) < 4.78 is 0. The highest BCUT2D eigenvalue weighted by atomic mass is 14.6. The predicted molar refractivity (Wildman–Crippen MR) is 55.7 cm³/mol. The van der Waals surface area contributed by atoms with Gasteiger partial charge < -0.3 is 5.73 Å². The lowest BCUT2D eigenvalue weighted by atomic mass is 9.95. The van der Waals surface area contributed by atoms with E-state index in [1.54, 1.807) is 0 Å². The van der Waals surface area contributed by atoms with E-state index in [9.17, 15) is 0 Å². The Hall–Kier alpha value is -0.980. The Bertz CT molecular complexity index is 179. The molecule has 0 saturated carbocycles. The molecule has 0 spiro atoms. The van der Waals surface area contributed by atoms with E-state index in [0.29, 0.717) is 5.70 Å². The number of hydrogen-bond donors (Lipinski definition) is 1. The quantitative estimate of drug-likeness (QED) is 0.475. The molecule has 0 heterocycles. The highest BCUT2D eigenvalue weighted by Crippen LogP contribution is 2.18. The van der Waals surface area contributed by atoms with E-state index in [1.165, 1.54) is 5.57 Å². The molecule has 1 nitrogen and oxygen atoms in total. The molecule has 0 aliphatic carbocycles. The molecule has 1 unspecified atom stereocenters. The van der Waals surface area contributed by atoms with Crippen molar-refractivity contribution in [3.63, 3.8) is 0 Å². The summed E-state index contributed by atoms with van der Waals surface area (Å²) in [6, 6.07) is 0. The van der Waals surface area contributed by atoms with Crippen LogP contribution < -0.4 is 5.73 Å². The van der Waals surface area contributed by atoms with Crippen LogP contribution in [0.1, 0.15) is 26.2 Å². The molecule has 0 fully saturated rings. The molecule has 0 aromatic heterocycles. The van der Waals surface area contributed by atoms with Gasteiger partial charge in [-0.15, -0.1) is 6.58 Å². The fraction of sp³-hybridized carbons (Fsp3) is 0.455. The van der Waals surface area contributed by atoms with E-state index < -0.39 is 0 Å². The molecule has 0 rings (SSSR count). The van der Waals surface area contributed by atoms with Crippen LogP contribution >= 0.6 is 0 Å². The van der Waals surface area contributed by atoms with Gasteiger partial charge in [-0.25, -0.2) is 0 Å². The number of nitrogens with two attached hydrogens (primary N) is 1. The zero-order chi connectivity index (χ0) is 9.56. The SMILES string of the molecule is C=CCCCC(=C)C(C)C(=C)N. The summed E-state index contributed by atoms with van der Waals surface area (Å²) in [4.78, 5) is 0. The number of rotatable bonds is 6. The van der Waals surface area contributed by atoms with Crippen molar-refractivity contribution in [3.05, 3.63) is 37.1 Å². The molecule has 1 atom stereocenters. The van der Waals surface area contributed by atoms with E-state index in [1.807, 2.05) is 13.0 Å². The summed E-state index contributed by atoms with van der Waals surface area (Å²) in [5.41, 5.74) is 7.44. The second kappa shape index (κ2) is 5.64. The van der Waals surface area contributed by atoms with Crippen LogP contribution in [-0.2, 0) is 0 Å². The summed E-state index contributed by atoms with van der Waals surface area (Å²) in [7, 11) is 0. The minimum absolute atomic E-state index is 0.245. The Morgan fingerprint density at radius 1 is 1.50 bits per heavy atom. The molecule has 0 radical (unpaired) electrons. The third kappa shape index (κ3) is 4.02. The van der Waals surface area contributed by atoms with Gasteiger partial charge in [-0.2, -0.15) is 0 Å². The van der Waals surface area contributed by atoms with Gasteiger partial charge in [0.25, 0.3) is 0 Å². The van der Waals surface area contributed by atoms with Gasteiger partial charge in [-0.3, -0.25) is 0 Å². The maximum Gasteiger partial charge on any atom is 0.0157 e. The van der Waals surface area contributed by atoms with Crippen molar-refractivity contribution in [3.8, 4) is 0 Å². The predicted octanol–water partition coefficient (Wildman–Crippen LogP) is 3.01. The normalized spacial score (nSPS) is 12.1. The van der Waals surface area contributed by atoms with Crippen LogP contribution in [0.5, 0.6) is 0 Å². The van der Waals surface area contributed by atoms with E-state index in [4.69, 9.17) is 5.73 Å². The van der Waals surface area contributed by atoms with Crippen LogP contribution in [0.15, 0.2) is 37.1 Å². The monoisotopic (exact) mass is 165 g/mol. The number of allylic oxidation sites excluding steroid dienone is 2. The zero-order valence-corrected chi connectivity index (χ0v) is 7.97. The zero-order valence-electron chi connectivity index (χ0n) is 7.97. The van der Waals surface area contributed by atoms with Gasteiger partial charge in [0.1, 0.15) is 0 Å². The van der Waals surface area contributed by atoms with E-state index in [0.717, 1.165) is 19.3 Å². The maximum atomic E-state index is 5.57. The molecule has 2 N–H and O–H groups in total. The van der Waals surface area contributed by atoms with Crippen molar-refractivity contribution >= 4 is 0 Å². The second-order valence-corrected chi connectivity index (χ2v) is 3.14. The Labute approximate surface area is 75.7 Å². The smallest absolute Gasteiger partial charge is 0.0157 e. The van der Waals surface area contributed by atoms with Crippen LogP contribution in [0.2, 0.25) is 0 Å². The first-order chi connectivity index (χ1) is 5.59. The lowest BCUT2D eigenvalue weighted by Crippen LogP contribution is -2.09. The summed E-state index contributed by atoms with van der Waals surface area (Å²) in [5.74, 6) is 0.245. The van der Waals surface area contributed by atoms with Gasteiger partial charge in [-0.1, -0.05) is 31.7 Å². The molecule has 1 heteroatoms. The lowest BCUT2D eigenvalue weighted by Gasteiger charge is -2.13. The largest absolute Gasteiger partial charge is 0.402 e. The Morgan fingerprint density at radius 3 is 2.50 bits per heavy atom. The van der Waals surface area contributed by atoms with Crippen molar-refractivity contribution in [2.75, 3.05) is 0 Å². The summed E-state index contributed by atoms with van der Waals surface area (Å²) >= 11 is 0. The van der Waals surface area contributed by atoms with Gasteiger partial charge in [0, 0.05) is 11.6 Å². The van der Waals surface area contributed by atoms with Crippen molar-refractivity contribution in [2.45, 2.75) is 26.2 Å². The van der Waals surface area contributed by atoms with Gasteiger partial charge in [0.2, 0.25) is 0 Å². The fourth-order valence-electron chi connectivity index (χ4n) is 0.952. The van der Waals surface area contributed by atoms with Gasteiger partial charge in [-0.05, 0) is 19.3 Å². The molecule has 0 aliphatic rings. The molecule has 0 aromatic carbocycles. The van der Waals surface area contributed by atoms with Crippen molar-refractivity contribution in [1.29, 1.82) is 0 Å². The highest BCUT2D eigenvalue weighted by molar-refractivity contribution is 5.12. The van der Waals surface area contributed by atoms with Crippen LogP contribution in [0.4, 0.5) is 0 Å². The summed E-state index contributed by atoms with van der Waals surface area (Å²) in [6.07, 6.45) is 5.10. The standard InChI is InChI=1S/C11H19N/c1-5-6-7-8-9(2)10(3)11(4)12/h5,10H,1-2,4,6-8,12H2,3H3. The van der Waals surface area contributed by atoms with E-state index in [-0.39, 0.29) is 5.92 Å². The maximum absolute atomic E-state index is 5.57. The molecular formula is C11H19N. The minimum Gasteiger partial charge on any atom is -0.402 e. The van der Waals surface area contributed by atoms with E-state index >= 15 is 0 Å². The Balaban J connectivity index is 3.71. The Kier molecular flexibility index (Phi) is 5.18. The molecule has 0 aliphatic heterocycles. The first-order valence-electron chi connectivity index (χ1n) is 4.32. The van der Waals surface area contributed by atoms with Crippen LogP contribution in [0.25, 0.3) is 0 Å². The molecule has 0 aromatic rings. The molecule has 12 heavy (non-hydrogen) atoms. The van der Waals surface area contributed by atoms with Gasteiger partial charge in [0.15, 0.2) is 0 Å². The summed E-state index contributed by atoms with van der Waals surface area (Å²) in [5, 5.41) is 0. The van der Waals surface area contributed by atoms with Gasteiger partial charge in [0.05, 0.1) is 0 Å². The molecule has 0 amide bonds. The van der Waals surface area contributed by atoms with Crippen molar-refractivity contribution < 1.29 is 0 Å². The first-order valence-corrected chi connectivity index (χ1v) is 4.32. The number of hydrogen-bond acceptors (Lipinski definition) is 1. The Morgan fingerprint density at radius 2 is 2.08 bits per heavy atom. The van der Waals surface area contributed by atoms with Crippen LogP contribution in [0.3, 0.4) is 0 Å².